The first-order chi connectivity index (χ1) is 32.3. The van der Waals surface area contributed by atoms with Crippen molar-refractivity contribution in [3.63, 3.8) is 0 Å². The van der Waals surface area contributed by atoms with Crippen LogP contribution in [0, 0.1) is 0 Å². The third-order valence-corrected chi connectivity index (χ3v) is 13.8. The zero-order chi connectivity index (χ0) is 51.9. The Bertz CT molecular complexity index is 2020. The maximum Gasteiger partial charge on any atom is 0.253 e. The summed E-state index contributed by atoms with van der Waals surface area (Å²) in [6.07, 6.45) is 0. The molecule has 8 bridgehead atoms. The van der Waals surface area contributed by atoms with E-state index in [4.69, 9.17) is 39.1 Å². The number of hydrogen-bond acceptors (Lipinski definition) is 16. The Balaban J connectivity index is 1.50. The molecule has 0 spiro atoms. The Kier molecular flexibility index (Phi) is 15.8. The lowest BCUT2D eigenvalue weighted by Gasteiger charge is -2.43. The highest BCUT2D eigenvalue weighted by atomic mass is 16.5. The number of carbonyl (C=O) groups excluding carboxylic acids is 4. The number of carbonyl (C=O) groups is 4. The number of fused-ring (bicyclic) bond motifs is 4. The van der Waals surface area contributed by atoms with Gasteiger partial charge < -0.3 is 40.2 Å². The van der Waals surface area contributed by atoms with Crippen LogP contribution in [-0.4, -0.2) is 179 Å². The maximum atomic E-state index is 14.2. The summed E-state index contributed by atoms with van der Waals surface area (Å²) in [5, 5.41) is 22.8. The molecule has 0 aliphatic carbocycles. The summed E-state index contributed by atoms with van der Waals surface area (Å²) < 4.78 is 24.0. The Morgan fingerprint density at radius 1 is 0.386 bits per heavy atom. The average Bonchev–Trinajstić information content (AvgIpc) is 3.23. The van der Waals surface area contributed by atoms with Crippen molar-refractivity contribution in [1.29, 1.82) is 0 Å². The molecule has 8 atom stereocenters. The van der Waals surface area contributed by atoms with E-state index in [9.17, 15) is 19.2 Å². The second-order valence-electron chi connectivity index (χ2n) is 23.5. The Morgan fingerprint density at radius 2 is 0.586 bits per heavy atom. The zero-order valence-electron chi connectivity index (χ0n) is 44.6. The normalized spacial score (nSPS) is 33.9. The lowest BCUT2D eigenvalue weighted by Crippen LogP contribution is -2.65. The molecule has 2 aromatic heterocycles. The number of methoxy groups -OCH3 is 4. The molecule has 20 heteroatoms. The second kappa shape index (κ2) is 20.2. The molecule has 4 aliphatic rings. The molecule has 6 heterocycles. The van der Waals surface area contributed by atoms with Gasteiger partial charge in [0.15, 0.2) is 22.4 Å². The van der Waals surface area contributed by atoms with Gasteiger partial charge in [0.25, 0.3) is 23.6 Å². The van der Waals surface area contributed by atoms with Crippen LogP contribution in [0.2, 0.25) is 0 Å². The van der Waals surface area contributed by atoms with Crippen LogP contribution in [0.3, 0.4) is 0 Å². The highest BCUT2D eigenvalue weighted by Gasteiger charge is 2.46. The van der Waals surface area contributed by atoms with Gasteiger partial charge in [-0.2, -0.15) is 10.2 Å². The number of ether oxygens (including phenoxy) is 4. The molecule has 2 aromatic rings. The molecule has 4 aliphatic heterocycles. The largest absolute Gasteiger partial charge is 0.367 e. The molecule has 4 N–H and O–H groups in total. The fourth-order valence-electron chi connectivity index (χ4n) is 10.2. The number of nitrogens with one attached hydrogen (secondary N) is 4. The number of aromatic nitrogens is 2. The maximum absolute atomic E-state index is 14.2. The van der Waals surface area contributed by atoms with Crippen LogP contribution in [0.5, 0.6) is 0 Å². The minimum atomic E-state index is -1.26. The van der Waals surface area contributed by atoms with Gasteiger partial charge in [0.2, 0.25) is 0 Å². The van der Waals surface area contributed by atoms with Gasteiger partial charge in [-0.15, -0.1) is 0 Å². The molecule has 20 nitrogen and oxygen atoms in total. The second-order valence-corrected chi connectivity index (χ2v) is 23.5. The molecule has 70 heavy (non-hydrogen) atoms. The van der Waals surface area contributed by atoms with Crippen LogP contribution in [-0.2, 0) is 64.3 Å². The zero-order valence-corrected chi connectivity index (χ0v) is 44.6. The van der Waals surface area contributed by atoms with Gasteiger partial charge in [-0.05, 0) is 107 Å². The van der Waals surface area contributed by atoms with Crippen molar-refractivity contribution < 1.29 is 38.1 Å². The van der Waals surface area contributed by atoms with E-state index in [1.807, 2.05) is 79.7 Å². The number of hydrogen-bond donors (Lipinski definition) is 4. The van der Waals surface area contributed by atoms with Gasteiger partial charge in [-0.1, -0.05) is 0 Å². The van der Waals surface area contributed by atoms with E-state index < -0.39 is 44.6 Å². The van der Waals surface area contributed by atoms with Crippen molar-refractivity contribution in [2.24, 2.45) is 10.2 Å². The van der Waals surface area contributed by atoms with E-state index in [0.717, 1.165) is 0 Å². The summed E-state index contributed by atoms with van der Waals surface area (Å²) in [5.41, 5.74) is -4.22. The van der Waals surface area contributed by atoms with Crippen LogP contribution in [0.1, 0.15) is 106 Å². The predicted molar refractivity (Wildman–Crippen MR) is 264 cm³/mol. The molecular formula is C50H80N12O8. The van der Waals surface area contributed by atoms with Crippen LogP contribution in [0.4, 0.5) is 11.4 Å². The van der Waals surface area contributed by atoms with Crippen LogP contribution in [0.25, 0.3) is 0 Å². The van der Waals surface area contributed by atoms with E-state index in [2.05, 4.69) is 40.9 Å². The van der Waals surface area contributed by atoms with Crippen LogP contribution < -0.4 is 21.3 Å². The van der Waals surface area contributed by atoms with Gasteiger partial charge in [0.05, 0.1) is 34.2 Å². The minimum absolute atomic E-state index is 0.186. The Morgan fingerprint density at radius 3 is 0.771 bits per heavy atom. The minimum Gasteiger partial charge on any atom is -0.367 e. The molecule has 0 fully saturated rings. The summed E-state index contributed by atoms with van der Waals surface area (Å²) in [7, 11) is 6.15. The van der Waals surface area contributed by atoms with E-state index in [1.54, 1.807) is 27.7 Å². The SMILES string of the molecule is CO[C@]1(C)CN2Cc3cc(N=Nc4cc5nc(c4)CN4CC(C)(C)NC(=O)[C@](C)(OC)CN(C5)CC(C)(C)NC(=O)[C@@](C)(OC)C4)cc(n3)CN(CC(C)(C)NC1=O)C[C@](C)(OC)C(=O)NC(C)(C)C2. The average molecular weight is 977 g/mol. The van der Waals surface area contributed by atoms with Gasteiger partial charge in [-0.3, -0.25) is 48.7 Å². The topological polar surface area (TPSA) is 217 Å². The summed E-state index contributed by atoms with van der Waals surface area (Å²) >= 11 is 0. The summed E-state index contributed by atoms with van der Waals surface area (Å²) in [6.45, 7) is 26.0. The third kappa shape index (κ3) is 13.3. The molecule has 4 unspecified atom stereocenters. The number of amides is 4. The van der Waals surface area contributed by atoms with Crippen molar-refractivity contribution in [3.05, 3.63) is 47.0 Å². The van der Waals surface area contributed by atoms with E-state index in [0.29, 0.717) is 86.5 Å². The molecule has 0 saturated heterocycles. The van der Waals surface area contributed by atoms with Crippen LogP contribution >= 0.6 is 0 Å². The molecule has 0 aromatic carbocycles. The summed E-state index contributed by atoms with van der Waals surface area (Å²) in [6, 6.07) is 7.59. The summed E-state index contributed by atoms with van der Waals surface area (Å²) in [4.78, 5) is 75.4. The third-order valence-electron chi connectivity index (χ3n) is 13.8. The summed E-state index contributed by atoms with van der Waals surface area (Å²) in [5.74, 6) is -1.01. The van der Waals surface area contributed by atoms with Gasteiger partial charge >= 0.3 is 0 Å². The molecule has 388 valence electrons. The van der Waals surface area contributed by atoms with Crippen molar-refractivity contribution in [1.82, 2.24) is 50.8 Å². The fourth-order valence-corrected chi connectivity index (χ4v) is 10.2. The number of pyridine rings is 2. The monoisotopic (exact) mass is 977 g/mol. The number of rotatable bonds is 6. The van der Waals surface area contributed by atoms with Gasteiger partial charge in [0.1, 0.15) is 0 Å². The van der Waals surface area contributed by atoms with Crippen molar-refractivity contribution in [2.45, 2.75) is 154 Å². The van der Waals surface area contributed by atoms with Crippen LogP contribution in [0.15, 0.2) is 34.5 Å². The highest BCUT2D eigenvalue weighted by molar-refractivity contribution is 5.87. The first-order valence-corrected chi connectivity index (χ1v) is 24.2. The molecular weight excluding hydrogens is 897 g/mol. The standard InChI is InChI=1S/C50H80N12O8/c1-43(2)25-59-21-35-17-33(18-36(51-35)22-60(30-47(9,67-13)39(63)53-43)26-44(3,4)54-40(64)48(10,29-59)68-14)57-58-34-19-37-23-61-27-45(5,6)55-41(65)49(11,69-15)32-62(24-38(20-34)52-37)28-46(7,8)56-42(66)50(12,31-61)70-16/h17-20H,21-32H2,1-16H3,(H,53,63)(H,54,64)(H,55,65)(H,56,66)/t47-,48+,49-,50+. The smallest absolute Gasteiger partial charge is 0.253 e. The lowest BCUT2D eigenvalue weighted by molar-refractivity contribution is -0.150. The predicted octanol–water partition coefficient (Wildman–Crippen LogP) is 3.35. The Hall–Kier alpha value is -4.54. The molecule has 0 radical (unpaired) electrons. The molecule has 6 rings (SSSR count). The quantitative estimate of drug-likeness (QED) is 0.306. The Labute approximate surface area is 414 Å². The van der Waals surface area contributed by atoms with Gasteiger partial charge in [0, 0.05) is 129 Å². The lowest BCUT2D eigenvalue weighted by atomic mass is 9.95. The van der Waals surface area contributed by atoms with Crippen molar-refractivity contribution in [2.75, 3.05) is 80.8 Å². The van der Waals surface area contributed by atoms with E-state index in [1.165, 1.54) is 28.4 Å². The van der Waals surface area contributed by atoms with Gasteiger partial charge in [-0.25, -0.2) is 0 Å². The molecule has 4 amide bonds. The molecule has 0 saturated carbocycles. The van der Waals surface area contributed by atoms with E-state index in [-0.39, 0.29) is 49.8 Å². The number of nitrogens with zero attached hydrogens (tertiary/aromatic N) is 8. The highest BCUT2D eigenvalue weighted by Crippen LogP contribution is 2.30. The van der Waals surface area contributed by atoms with Crippen molar-refractivity contribution >= 4 is 35.0 Å². The first-order valence-electron chi connectivity index (χ1n) is 24.2. The van der Waals surface area contributed by atoms with E-state index >= 15 is 0 Å². The fraction of sp³-hybridized carbons (Fsp3) is 0.720. The first kappa shape index (κ1) is 54.8. The number of azo groups is 1. The van der Waals surface area contributed by atoms with Crippen molar-refractivity contribution in [3.8, 4) is 0 Å².